The predicted molar refractivity (Wildman–Crippen MR) is 107 cm³/mol. The molecule has 0 heterocycles. The van der Waals surface area contributed by atoms with Crippen molar-refractivity contribution in [1.29, 1.82) is 0 Å². The Morgan fingerprint density at radius 1 is 1.31 bits per heavy atom. The van der Waals surface area contributed by atoms with Crippen LogP contribution < -0.4 is 0 Å². The van der Waals surface area contributed by atoms with E-state index < -0.39 is 12.1 Å². The molecule has 0 bridgehead atoms. The summed E-state index contributed by atoms with van der Waals surface area (Å²) in [6.07, 6.45) is 9.05. The molecule has 0 aromatic carbocycles. The van der Waals surface area contributed by atoms with Crippen LogP contribution in [0.3, 0.4) is 0 Å². The van der Waals surface area contributed by atoms with Crippen molar-refractivity contribution >= 4 is 5.97 Å². The maximum atomic E-state index is 11.7. The van der Waals surface area contributed by atoms with Crippen LogP contribution in [-0.2, 0) is 9.53 Å². The van der Waals surface area contributed by atoms with Crippen LogP contribution in [0, 0.1) is 35.0 Å². The van der Waals surface area contributed by atoms with Gasteiger partial charge in [-0.15, -0.1) is 0 Å². The van der Waals surface area contributed by atoms with Gasteiger partial charge in [0.15, 0.2) is 0 Å². The first-order valence-electron chi connectivity index (χ1n) is 10.7. The Labute approximate surface area is 160 Å². The van der Waals surface area contributed by atoms with Crippen LogP contribution in [-0.4, -0.2) is 24.3 Å². The van der Waals surface area contributed by atoms with E-state index in [1.807, 2.05) is 0 Å². The lowest BCUT2D eigenvalue weighted by molar-refractivity contribution is -0.137. The minimum Gasteiger partial charge on any atom is -0.466 e. The standard InChI is InChI=1S/C23H40O3/c1-7-18(21(24)17(4)22(25)26-6)11-10-16(3)20-13-12-19-15(2)9-8-14-23(19,20)5/h15-16,18-21,24H,4,7-14H2,1-3,5-6H3/t15-,16?,18?,19?,20+,21?,23-/m0/s1. The molecule has 2 aliphatic carbocycles. The third kappa shape index (κ3) is 4.18. The van der Waals surface area contributed by atoms with Gasteiger partial charge in [-0.1, -0.05) is 60.0 Å². The smallest absolute Gasteiger partial charge is 0.335 e. The third-order valence-electron chi connectivity index (χ3n) is 8.00. The fraction of sp³-hybridized carbons (Fsp3) is 0.870. The van der Waals surface area contributed by atoms with Crippen molar-refractivity contribution in [3.8, 4) is 0 Å². The molecule has 150 valence electrons. The number of rotatable bonds is 8. The van der Waals surface area contributed by atoms with Gasteiger partial charge in [-0.3, -0.25) is 0 Å². The molecular formula is C23H40O3. The summed E-state index contributed by atoms with van der Waals surface area (Å²) in [4.78, 5) is 11.7. The lowest BCUT2D eigenvalue weighted by Gasteiger charge is -2.46. The van der Waals surface area contributed by atoms with Crippen molar-refractivity contribution < 1.29 is 14.6 Å². The van der Waals surface area contributed by atoms with Gasteiger partial charge in [0.05, 0.1) is 18.8 Å². The lowest BCUT2D eigenvalue weighted by atomic mass is 9.59. The summed E-state index contributed by atoms with van der Waals surface area (Å²) in [6.45, 7) is 13.2. The fourth-order valence-corrected chi connectivity index (χ4v) is 6.34. The largest absolute Gasteiger partial charge is 0.466 e. The zero-order valence-corrected chi connectivity index (χ0v) is 17.6. The van der Waals surface area contributed by atoms with Crippen LogP contribution in [0.5, 0.6) is 0 Å². The van der Waals surface area contributed by atoms with Gasteiger partial charge in [0.25, 0.3) is 0 Å². The van der Waals surface area contributed by atoms with E-state index in [4.69, 9.17) is 4.74 Å². The second-order valence-corrected chi connectivity index (χ2v) is 9.35. The van der Waals surface area contributed by atoms with E-state index in [9.17, 15) is 9.90 Å². The summed E-state index contributed by atoms with van der Waals surface area (Å²) in [6, 6.07) is 0. The van der Waals surface area contributed by atoms with Crippen molar-refractivity contribution in [3.05, 3.63) is 12.2 Å². The normalized spacial score (nSPS) is 34.6. The van der Waals surface area contributed by atoms with Gasteiger partial charge in [-0.05, 0) is 60.7 Å². The Balaban J connectivity index is 1.95. The Bertz CT molecular complexity index is 500. The maximum Gasteiger partial charge on any atom is 0.335 e. The lowest BCUT2D eigenvalue weighted by Crippen LogP contribution is -2.38. The Kier molecular flexibility index (Phi) is 7.35. The molecule has 0 aliphatic heterocycles. The number of hydrogen-bond acceptors (Lipinski definition) is 3. The average Bonchev–Trinajstić information content (AvgIpc) is 2.98. The van der Waals surface area contributed by atoms with Crippen molar-refractivity contribution in [1.82, 2.24) is 0 Å². The number of carbonyl (C=O) groups excluding carboxylic acids is 1. The average molecular weight is 365 g/mol. The summed E-state index contributed by atoms with van der Waals surface area (Å²) in [7, 11) is 1.34. The summed E-state index contributed by atoms with van der Waals surface area (Å²) in [5.41, 5.74) is 0.702. The number of ether oxygens (including phenoxy) is 1. The fourth-order valence-electron chi connectivity index (χ4n) is 6.34. The molecule has 2 fully saturated rings. The molecule has 2 aliphatic rings. The molecule has 2 rings (SSSR count). The molecule has 0 saturated heterocycles. The van der Waals surface area contributed by atoms with E-state index >= 15 is 0 Å². The molecule has 3 heteroatoms. The SMILES string of the molecule is C=C(C(=O)OC)C(O)C(CC)CCC(C)[C@H]1CCC2[C@@H](C)CCC[C@@]21C. The number of hydrogen-bond donors (Lipinski definition) is 1. The molecule has 26 heavy (non-hydrogen) atoms. The molecule has 1 N–H and O–H groups in total. The topological polar surface area (TPSA) is 46.5 Å². The van der Waals surface area contributed by atoms with E-state index in [1.165, 1.54) is 39.2 Å². The van der Waals surface area contributed by atoms with E-state index in [2.05, 4.69) is 34.3 Å². The second kappa shape index (κ2) is 8.91. The molecule has 0 aromatic heterocycles. The van der Waals surface area contributed by atoms with Crippen LogP contribution in [0.2, 0.25) is 0 Å². The van der Waals surface area contributed by atoms with Gasteiger partial charge in [-0.25, -0.2) is 4.79 Å². The zero-order chi connectivity index (χ0) is 19.5. The van der Waals surface area contributed by atoms with E-state index in [1.54, 1.807) is 0 Å². The highest BCUT2D eigenvalue weighted by molar-refractivity contribution is 5.88. The van der Waals surface area contributed by atoms with Crippen LogP contribution in [0.4, 0.5) is 0 Å². The number of methoxy groups -OCH3 is 1. The van der Waals surface area contributed by atoms with Crippen LogP contribution >= 0.6 is 0 Å². The number of aliphatic hydroxyl groups is 1. The number of fused-ring (bicyclic) bond motifs is 1. The van der Waals surface area contributed by atoms with Crippen molar-refractivity contribution in [2.24, 2.45) is 35.0 Å². The summed E-state index contributed by atoms with van der Waals surface area (Å²) in [5.74, 6) is 2.83. The first kappa shape index (κ1) is 21.5. The van der Waals surface area contributed by atoms with Gasteiger partial charge in [0.1, 0.15) is 0 Å². The number of carbonyl (C=O) groups is 1. The van der Waals surface area contributed by atoms with Gasteiger partial charge < -0.3 is 9.84 Å². The van der Waals surface area contributed by atoms with Gasteiger partial charge >= 0.3 is 5.97 Å². The highest BCUT2D eigenvalue weighted by Gasteiger charge is 2.51. The highest BCUT2D eigenvalue weighted by Crippen LogP contribution is 2.59. The molecule has 3 nitrogen and oxygen atoms in total. The second-order valence-electron chi connectivity index (χ2n) is 9.35. The van der Waals surface area contributed by atoms with Crippen LogP contribution in [0.1, 0.15) is 79.1 Å². The Morgan fingerprint density at radius 3 is 2.62 bits per heavy atom. The van der Waals surface area contributed by atoms with E-state index in [0.29, 0.717) is 11.3 Å². The molecule has 7 atom stereocenters. The number of aliphatic hydroxyl groups excluding tert-OH is 1. The first-order valence-corrected chi connectivity index (χ1v) is 10.7. The van der Waals surface area contributed by atoms with Crippen molar-refractivity contribution in [2.75, 3.05) is 7.11 Å². The molecule has 0 amide bonds. The minimum absolute atomic E-state index is 0.0827. The minimum atomic E-state index is -0.790. The van der Waals surface area contributed by atoms with E-state index in [-0.39, 0.29) is 11.5 Å². The molecule has 4 unspecified atom stereocenters. The molecule has 0 spiro atoms. The van der Waals surface area contributed by atoms with Crippen LogP contribution in [0.25, 0.3) is 0 Å². The quantitative estimate of drug-likeness (QED) is 0.465. The molecule has 0 radical (unpaired) electrons. The van der Waals surface area contributed by atoms with Crippen molar-refractivity contribution in [3.63, 3.8) is 0 Å². The third-order valence-corrected chi connectivity index (χ3v) is 8.00. The predicted octanol–water partition coefficient (Wildman–Crippen LogP) is 5.37. The summed E-state index contributed by atoms with van der Waals surface area (Å²) < 4.78 is 4.72. The maximum absolute atomic E-state index is 11.7. The summed E-state index contributed by atoms with van der Waals surface area (Å²) in [5, 5.41) is 10.5. The highest BCUT2D eigenvalue weighted by atomic mass is 16.5. The molecule has 2 saturated carbocycles. The van der Waals surface area contributed by atoms with Crippen LogP contribution in [0.15, 0.2) is 12.2 Å². The Morgan fingerprint density at radius 2 is 2.00 bits per heavy atom. The monoisotopic (exact) mass is 364 g/mol. The van der Waals surface area contributed by atoms with Crippen molar-refractivity contribution in [2.45, 2.75) is 85.2 Å². The van der Waals surface area contributed by atoms with Gasteiger partial charge in [0.2, 0.25) is 0 Å². The molecule has 0 aromatic rings. The molecular weight excluding hydrogens is 324 g/mol. The number of esters is 1. The summed E-state index contributed by atoms with van der Waals surface area (Å²) >= 11 is 0. The van der Waals surface area contributed by atoms with E-state index in [0.717, 1.165) is 37.0 Å². The van der Waals surface area contributed by atoms with Gasteiger partial charge in [-0.2, -0.15) is 0 Å². The zero-order valence-electron chi connectivity index (χ0n) is 17.6. The van der Waals surface area contributed by atoms with Gasteiger partial charge in [0, 0.05) is 0 Å². The first-order chi connectivity index (χ1) is 12.3. The Hall–Kier alpha value is -0.830.